The minimum atomic E-state index is -1.43. The first kappa shape index (κ1) is 19.0. The van der Waals surface area contributed by atoms with Gasteiger partial charge in [-0.15, -0.1) is 0 Å². The van der Waals surface area contributed by atoms with Gasteiger partial charge in [-0.3, -0.25) is 14.3 Å². The summed E-state index contributed by atoms with van der Waals surface area (Å²) in [4.78, 5) is 27.6. The highest BCUT2D eigenvalue weighted by Gasteiger charge is 2.44. The van der Waals surface area contributed by atoms with E-state index in [9.17, 15) is 24.9 Å². The topological polar surface area (TPSA) is 125 Å². The van der Waals surface area contributed by atoms with Crippen molar-refractivity contribution in [2.24, 2.45) is 0 Å². The minimum absolute atomic E-state index is 0.324. The average Bonchev–Trinajstić information content (AvgIpc) is 3.23. The Balaban J connectivity index is 1.68. The third-order valence-electron chi connectivity index (χ3n) is 5.93. The highest BCUT2D eigenvalue weighted by Crippen LogP contribution is 2.46. The normalized spacial score (nSPS) is 25.3. The van der Waals surface area contributed by atoms with Gasteiger partial charge in [-0.25, -0.2) is 4.79 Å². The van der Waals surface area contributed by atoms with Crippen LogP contribution in [0.5, 0.6) is 0 Å². The number of aromatic nitrogens is 2. The lowest BCUT2D eigenvalue weighted by Gasteiger charge is -2.20. The highest BCUT2D eigenvalue weighted by molar-refractivity contribution is 5.80. The molecule has 8 nitrogen and oxygen atoms in total. The monoisotopic (exact) mass is 408 g/mol. The molecule has 5 rings (SSSR count). The maximum atomic E-state index is 12.8. The number of ether oxygens (including phenoxy) is 1. The Morgan fingerprint density at radius 1 is 0.900 bits per heavy atom. The van der Waals surface area contributed by atoms with Crippen molar-refractivity contribution in [2.45, 2.75) is 30.5 Å². The molecule has 0 bridgehead atoms. The van der Waals surface area contributed by atoms with Crippen LogP contribution < -0.4 is 11.2 Å². The number of benzene rings is 2. The van der Waals surface area contributed by atoms with Crippen molar-refractivity contribution in [1.29, 1.82) is 0 Å². The van der Waals surface area contributed by atoms with Crippen molar-refractivity contribution < 1.29 is 20.1 Å². The Morgan fingerprint density at radius 2 is 1.50 bits per heavy atom. The van der Waals surface area contributed by atoms with Gasteiger partial charge in [0.15, 0.2) is 6.23 Å². The summed E-state index contributed by atoms with van der Waals surface area (Å²) in [6.45, 7) is -0.511. The molecule has 1 aliphatic heterocycles. The molecule has 2 aromatic carbocycles. The van der Waals surface area contributed by atoms with Crippen LogP contribution in [0.3, 0.4) is 0 Å². The number of aliphatic hydroxyl groups excluding tert-OH is 3. The Kier molecular flexibility index (Phi) is 4.44. The van der Waals surface area contributed by atoms with Crippen LogP contribution in [0.2, 0.25) is 0 Å². The summed E-state index contributed by atoms with van der Waals surface area (Å²) >= 11 is 0. The first-order chi connectivity index (χ1) is 14.5. The zero-order chi connectivity index (χ0) is 21.0. The van der Waals surface area contributed by atoms with Crippen molar-refractivity contribution in [1.82, 2.24) is 9.55 Å². The number of aliphatic hydroxyl groups is 3. The summed E-state index contributed by atoms with van der Waals surface area (Å²) in [7, 11) is 0. The van der Waals surface area contributed by atoms with E-state index < -0.39 is 48.3 Å². The second kappa shape index (κ2) is 7.03. The molecule has 30 heavy (non-hydrogen) atoms. The van der Waals surface area contributed by atoms with Gasteiger partial charge in [-0.1, -0.05) is 48.5 Å². The molecule has 2 heterocycles. The van der Waals surface area contributed by atoms with Crippen LogP contribution >= 0.6 is 0 Å². The molecule has 1 saturated heterocycles. The number of nitrogens with zero attached hydrogens (tertiary/aromatic N) is 1. The molecule has 154 valence electrons. The molecule has 2 aliphatic rings. The molecule has 1 aliphatic carbocycles. The maximum Gasteiger partial charge on any atom is 0.330 e. The number of fused-ring (bicyclic) bond motifs is 3. The first-order valence-electron chi connectivity index (χ1n) is 9.67. The Bertz CT molecular complexity index is 1190. The summed E-state index contributed by atoms with van der Waals surface area (Å²) in [5.41, 5.74) is 2.94. The van der Waals surface area contributed by atoms with E-state index in [1.165, 1.54) is 6.20 Å². The highest BCUT2D eigenvalue weighted by atomic mass is 16.6. The first-order valence-corrected chi connectivity index (χ1v) is 9.67. The van der Waals surface area contributed by atoms with E-state index in [0.29, 0.717) is 5.56 Å². The van der Waals surface area contributed by atoms with Gasteiger partial charge in [-0.2, -0.15) is 0 Å². The lowest BCUT2D eigenvalue weighted by Crippen LogP contribution is -2.39. The summed E-state index contributed by atoms with van der Waals surface area (Å²) in [5.74, 6) is -0.398. The summed E-state index contributed by atoms with van der Waals surface area (Å²) in [6, 6.07) is 15.5. The van der Waals surface area contributed by atoms with Gasteiger partial charge >= 0.3 is 5.69 Å². The van der Waals surface area contributed by atoms with Crippen molar-refractivity contribution in [2.75, 3.05) is 6.61 Å². The SMILES string of the molecule is O=c1[nH]c(=O)n([C@H]2O[C@@H](CO)C(O)C2O)cc1C1c2ccccc2-c2ccccc21. The zero-order valence-electron chi connectivity index (χ0n) is 15.8. The number of rotatable bonds is 3. The Morgan fingerprint density at radius 3 is 2.07 bits per heavy atom. The molecular weight excluding hydrogens is 388 g/mol. The van der Waals surface area contributed by atoms with Gasteiger partial charge in [0.25, 0.3) is 5.56 Å². The fourth-order valence-corrected chi connectivity index (χ4v) is 4.50. The Hall–Kier alpha value is -3.04. The van der Waals surface area contributed by atoms with Gasteiger partial charge in [0.2, 0.25) is 0 Å². The van der Waals surface area contributed by atoms with E-state index in [1.807, 2.05) is 48.5 Å². The third kappa shape index (κ3) is 2.69. The van der Waals surface area contributed by atoms with Crippen LogP contribution in [0, 0.1) is 0 Å². The van der Waals surface area contributed by atoms with Gasteiger partial charge in [0, 0.05) is 17.7 Å². The lowest BCUT2D eigenvalue weighted by molar-refractivity contribution is -0.0551. The molecular formula is C22H20N2O6. The predicted molar refractivity (Wildman–Crippen MR) is 107 cm³/mol. The summed E-state index contributed by atoms with van der Waals surface area (Å²) < 4.78 is 6.56. The second-order valence-electron chi connectivity index (χ2n) is 7.59. The van der Waals surface area contributed by atoms with E-state index >= 15 is 0 Å². The largest absolute Gasteiger partial charge is 0.394 e. The molecule has 2 unspecified atom stereocenters. The number of H-pyrrole nitrogens is 1. The molecule has 0 spiro atoms. The van der Waals surface area contributed by atoms with Crippen LogP contribution in [0.25, 0.3) is 11.1 Å². The van der Waals surface area contributed by atoms with Crippen LogP contribution in [-0.2, 0) is 4.74 Å². The van der Waals surface area contributed by atoms with Crippen LogP contribution in [0.4, 0.5) is 0 Å². The van der Waals surface area contributed by atoms with Crippen molar-refractivity contribution in [3.8, 4) is 11.1 Å². The fraction of sp³-hybridized carbons (Fsp3) is 0.273. The summed E-state index contributed by atoms with van der Waals surface area (Å²) in [6.07, 6.45) is -3.66. The molecule has 1 aromatic heterocycles. The van der Waals surface area contributed by atoms with Crippen LogP contribution in [0.15, 0.2) is 64.3 Å². The molecule has 4 atom stereocenters. The molecule has 1 fully saturated rings. The molecule has 4 N–H and O–H groups in total. The predicted octanol–water partition coefficient (Wildman–Crippen LogP) is 0.309. The fourth-order valence-electron chi connectivity index (χ4n) is 4.50. The van der Waals surface area contributed by atoms with E-state index in [2.05, 4.69) is 4.98 Å². The van der Waals surface area contributed by atoms with Crippen molar-refractivity contribution in [3.05, 3.63) is 92.3 Å². The molecule has 0 radical (unpaired) electrons. The van der Waals surface area contributed by atoms with E-state index in [1.54, 1.807) is 0 Å². The number of aromatic amines is 1. The smallest absolute Gasteiger partial charge is 0.330 e. The van der Waals surface area contributed by atoms with Gasteiger partial charge in [-0.05, 0) is 22.3 Å². The number of hydrogen-bond acceptors (Lipinski definition) is 6. The summed E-state index contributed by atoms with van der Waals surface area (Å²) in [5, 5.41) is 29.7. The maximum absolute atomic E-state index is 12.8. The molecule has 0 saturated carbocycles. The van der Waals surface area contributed by atoms with Gasteiger partial charge < -0.3 is 20.1 Å². The van der Waals surface area contributed by atoms with Crippen LogP contribution in [-0.4, -0.2) is 49.8 Å². The van der Waals surface area contributed by atoms with E-state index in [4.69, 9.17) is 4.74 Å². The molecule has 0 amide bonds. The minimum Gasteiger partial charge on any atom is -0.394 e. The number of nitrogens with one attached hydrogen (secondary N) is 1. The van der Waals surface area contributed by atoms with E-state index in [-0.39, 0.29) is 0 Å². The quantitative estimate of drug-likeness (QED) is 0.387. The standard InChI is InChI=1S/C22H20N2O6/c25-10-16-18(26)19(27)21(30-16)24-9-15(20(28)23-22(24)29)17-13-7-3-1-5-11(13)12-6-2-4-8-14(12)17/h1-9,16-19,21,25-27H,10H2,(H,23,28,29)/t16-,18?,19?,21-/m0/s1. The van der Waals surface area contributed by atoms with Gasteiger partial charge in [0.1, 0.15) is 18.3 Å². The van der Waals surface area contributed by atoms with Crippen LogP contribution in [0.1, 0.15) is 28.8 Å². The second-order valence-corrected chi connectivity index (χ2v) is 7.59. The lowest BCUT2D eigenvalue weighted by atomic mass is 9.91. The molecule has 3 aromatic rings. The van der Waals surface area contributed by atoms with Crippen molar-refractivity contribution >= 4 is 0 Å². The average molecular weight is 408 g/mol. The van der Waals surface area contributed by atoms with Gasteiger partial charge in [0.05, 0.1) is 6.61 Å². The third-order valence-corrected chi connectivity index (χ3v) is 5.93. The van der Waals surface area contributed by atoms with E-state index in [0.717, 1.165) is 26.8 Å². The Labute approximate surface area is 170 Å². The number of hydrogen-bond donors (Lipinski definition) is 4. The van der Waals surface area contributed by atoms with Crippen molar-refractivity contribution in [3.63, 3.8) is 0 Å². The zero-order valence-corrected chi connectivity index (χ0v) is 15.8. The molecule has 8 heteroatoms.